The highest BCUT2D eigenvalue weighted by Crippen LogP contribution is 1.96. The smallest absolute Gasteiger partial charge is 0.302 e. The van der Waals surface area contributed by atoms with E-state index in [-0.39, 0.29) is 18.7 Å². The normalized spacial score (nSPS) is 11.8. The van der Waals surface area contributed by atoms with Crippen LogP contribution in [0.3, 0.4) is 0 Å². The first-order valence-corrected chi connectivity index (χ1v) is 3.43. The Balaban J connectivity index is 3.51. The lowest BCUT2D eigenvalue weighted by Gasteiger charge is -2.11. The van der Waals surface area contributed by atoms with Crippen molar-refractivity contribution in [1.29, 1.82) is 0 Å². The maximum absolute atomic E-state index is 10.3. The van der Waals surface area contributed by atoms with Crippen LogP contribution in [0.2, 0.25) is 0 Å². The van der Waals surface area contributed by atoms with Crippen LogP contribution in [0.15, 0.2) is 0 Å². The average Bonchev–Trinajstić information content (AvgIpc) is 1.97. The van der Waals surface area contributed by atoms with Crippen LogP contribution in [-0.4, -0.2) is 25.2 Å². The van der Waals surface area contributed by atoms with E-state index in [1.54, 1.807) is 0 Å². The standard InChI is InChI=1S/C7H12O4/c1-3-7(11-5-8)4-10-6(2)9/h5,7H,3-4H2,1-2H3. The molecular weight excluding hydrogens is 148 g/mol. The summed E-state index contributed by atoms with van der Waals surface area (Å²) in [5.41, 5.74) is 0. The monoisotopic (exact) mass is 160 g/mol. The Kier molecular flexibility index (Phi) is 5.15. The summed E-state index contributed by atoms with van der Waals surface area (Å²) in [5, 5.41) is 0. The highest BCUT2D eigenvalue weighted by Gasteiger charge is 2.07. The summed E-state index contributed by atoms with van der Waals surface area (Å²) >= 11 is 0. The zero-order valence-electron chi connectivity index (χ0n) is 6.70. The molecule has 1 unspecified atom stereocenters. The van der Waals surface area contributed by atoms with E-state index in [0.717, 1.165) is 0 Å². The Morgan fingerprint density at radius 3 is 2.64 bits per heavy atom. The molecular formula is C7H12O4. The van der Waals surface area contributed by atoms with E-state index >= 15 is 0 Å². The minimum Gasteiger partial charge on any atom is -0.462 e. The van der Waals surface area contributed by atoms with Gasteiger partial charge in [-0.2, -0.15) is 0 Å². The van der Waals surface area contributed by atoms with Gasteiger partial charge < -0.3 is 9.47 Å². The van der Waals surface area contributed by atoms with Crippen molar-refractivity contribution in [3.05, 3.63) is 0 Å². The maximum Gasteiger partial charge on any atom is 0.302 e. The van der Waals surface area contributed by atoms with E-state index in [9.17, 15) is 9.59 Å². The van der Waals surface area contributed by atoms with Gasteiger partial charge in [0.1, 0.15) is 12.7 Å². The molecule has 0 saturated carbocycles. The number of rotatable bonds is 5. The van der Waals surface area contributed by atoms with E-state index < -0.39 is 0 Å². The van der Waals surface area contributed by atoms with E-state index in [2.05, 4.69) is 9.47 Å². The lowest BCUT2D eigenvalue weighted by Crippen LogP contribution is -2.19. The molecule has 0 aromatic carbocycles. The SMILES string of the molecule is CCC(COC(C)=O)OC=O. The molecule has 0 aliphatic carbocycles. The fourth-order valence-corrected chi connectivity index (χ4v) is 0.542. The topological polar surface area (TPSA) is 52.6 Å². The molecule has 0 saturated heterocycles. The molecule has 0 aromatic heterocycles. The van der Waals surface area contributed by atoms with Gasteiger partial charge in [0.25, 0.3) is 6.47 Å². The molecule has 1 atom stereocenters. The van der Waals surface area contributed by atoms with E-state index in [1.807, 2.05) is 6.92 Å². The van der Waals surface area contributed by atoms with E-state index in [4.69, 9.17) is 0 Å². The van der Waals surface area contributed by atoms with Gasteiger partial charge >= 0.3 is 5.97 Å². The Morgan fingerprint density at radius 2 is 2.27 bits per heavy atom. The highest BCUT2D eigenvalue weighted by atomic mass is 16.6. The molecule has 0 aromatic rings. The molecule has 11 heavy (non-hydrogen) atoms. The third kappa shape index (κ3) is 5.39. The third-order valence-electron chi connectivity index (χ3n) is 1.18. The summed E-state index contributed by atoms with van der Waals surface area (Å²) in [6.07, 6.45) is 0.336. The van der Waals surface area contributed by atoms with Crippen LogP contribution in [0.1, 0.15) is 20.3 Å². The molecule has 0 aliphatic rings. The Bertz CT molecular complexity index is 132. The van der Waals surface area contributed by atoms with Gasteiger partial charge in [-0.15, -0.1) is 0 Å². The average molecular weight is 160 g/mol. The number of ether oxygens (including phenoxy) is 2. The molecule has 4 nitrogen and oxygen atoms in total. The van der Waals surface area contributed by atoms with Gasteiger partial charge in [-0.25, -0.2) is 0 Å². The number of hydrogen-bond donors (Lipinski definition) is 0. The van der Waals surface area contributed by atoms with Crippen LogP contribution in [-0.2, 0) is 19.1 Å². The predicted molar refractivity (Wildman–Crippen MR) is 37.9 cm³/mol. The van der Waals surface area contributed by atoms with Gasteiger partial charge in [0.05, 0.1) is 0 Å². The van der Waals surface area contributed by atoms with Crippen molar-refractivity contribution in [1.82, 2.24) is 0 Å². The summed E-state index contributed by atoms with van der Waals surface area (Å²) < 4.78 is 9.21. The molecule has 0 N–H and O–H groups in total. The highest BCUT2D eigenvalue weighted by molar-refractivity contribution is 5.65. The van der Waals surface area contributed by atoms with Crippen LogP contribution in [0.5, 0.6) is 0 Å². The van der Waals surface area contributed by atoms with Crippen molar-refractivity contribution >= 4 is 12.4 Å². The van der Waals surface area contributed by atoms with Gasteiger partial charge in [-0.05, 0) is 6.42 Å². The van der Waals surface area contributed by atoms with Crippen LogP contribution in [0, 0.1) is 0 Å². The molecule has 64 valence electrons. The summed E-state index contributed by atoms with van der Waals surface area (Å²) in [5.74, 6) is -0.363. The first kappa shape index (κ1) is 9.94. The zero-order valence-corrected chi connectivity index (χ0v) is 6.70. The zero-order chi connectivity index (χ0) is 8.69. The second kappa shape index (κ2) is 5.70. The second-order valence-electron chi connectivity index (χ2n) is 2.07. The minimum absolute atomic E-state index is 0.143. The third-order valence-corrected chi connectivity index (χ3v) is 1.18. The molecule has 0 aliphatic heterocycles. The van der Waals surface area contributed by atoms with Crippen LogP contribution in [0.4, 0.5) is 0 Å². The molecule has 0 fully saturated rings. The van der Waals surface area contributed by atoms with Crippen molar-refractivity contribution in [2.45, 2.75) is 26.4 Å². The fraction of sp³-hybridized carbons (Fsp3) is 0.714. The summed E-state index contributed by atoms with van der Waals surface area (Å²) in [6.45, 7) is 3.66. The van der Waals surface area contributed by atoms with Crippen molar-refractivity contribution in [3.63, 3.8) is 0 Å². The van der Waals surface area contributed by atoms with Gasteiger partial charge in [0, 0.05) is 6.92 Å². The molecule has 0 amide bonds. The van der Waals surface area contributed by atoms with Crippen molar-refractivity contribution < 1.29 is 19.1 Å². The first-order valence-electron chi connectivity index (χ1n) is 3.43. The van der Waals surface area contributed by atoms with Crippen LogP contribution < -0.4 is 0 Å². The van der Waals surface area contributed by atoms with Gasteiger partial charge in [-0.3, -0.25) is 9.59 Å². The Hall–Kier alpha value is -1.06. The minimum atomic E-state index is -0.363. The van der Waals surface area contributed by atoms with E-state index in [0.29, 0.717) is 12.9 Å². The summed E-state index contributed by atoms with van der Waals surface area (Å²) in [7, 11) is 0. The fourth-order valence-electron chi connectivity index (χ4n) is 0.542. The number of carbonyl (C=O) groups is 2. The van der Waals surface area contributed by atoms with Crippen molar-refractivity contribution in [2.75, 3.05) is 6.61 Å². The van der Waals surface area contributed by atoms with Crippen LogP contribution in [0.25, 0.3) is 0 Å². The number of hydrogen-bond acceptors (Lipinski definition) is 4. The maximum atomic E-state index is 10.3. The van der Waals surface area contributed by atoms with Crippen molar-refractivity contribution in [2.24, 2.45) is 0 Å². The first-order chi connectivity index (χ1) is 5.20. The molecule has 0 rings (SSSR count). The Morgan fingerprint density at radius 1 is 1.64 bits per heavy atom. The molecule has 0 bridgehead atoms. The summed E-state index contributed by atoms with van der Waals surface area (Å²) in [6, 6.07) is 0. The Labute approximate surface area is 65.5 Å². The number of carbonyl (C=O) groups excluding carboxylic acids is 2. The number of esters is 1. The van der Waals surface area contributed by atoms with Gasteiger partial charge in [-0.1, -0.05) is 6.92 Å². The molecule has 0 spiro atoms. The second-order valence-corrected chi connectivity index (χ2v) is 2.07. The van der Waals surface area contributed by atoms with Crippen LogP contribution >= 0.6 is 0 Å². The van der Waals surface area contributed by atoms with E-state index in [1.165, 1.54) is 6.92 Å². The quantitative estimate of drug-likeness (QED) is 0.434. The van der Waals surface area contributed by atoms with Gasteiger partial charge in [0.15, 0.2) is 0 Å². The molecule has 0 radical (unpaired) electrons. The summed E-state index contributed by atoms with van der Waals surface area (Å²) in [4.78, 5) is 20.2. The molecule has 4 heteroatoms. The lowest BCUT2D eigenvalue weighted by atomic mass is 10.3. The lowest BCUT2D eigenvalue weighted by molar-refractivity contribution is -0.150. The molecule has 0 heterocycles. The van der Waals surface area contributed by atoms with Crippen molar-refractivity contribution in [3.8, 4) is 0 Å². The predicted octanol–water partition coefficient (Wildman–Crippen LogP) is 0.501. The largest absolute Gasteiger partial charge is 0.462 e. The van der Waals surface area contributed by atoms with Gasteiger partial charge in [0.2, 0.25) is 0 Å².